The summed E-state index contributed by atoms with van der Waals surface area (Å²) in [4.78, 5) is 4.41. The van der Waals surface area contributed by atoms with Crippen LogP contribution in [0.5, 0.6) is 0 Å². The summed E-state index contributed by atoms with van der Waals surface area (Å²) in [5.74, 6) is 1.24. The monoisotopic (exact) mass is 255 g/mol. The number of hydrogen-bond donors (Lipinski definition) is 2. The van der Waals surface area contributed by atoms with Crippen molar-refractivity contribution in [1.29, 1.82) is 0 Å². The first-order valence-corrected chi connectivity index (χ1v) is 5.95. The summed E-state index contributed by atoms with van der Waals surface area (Å²) in [5, 5.41) is 15.0. The summed E-state index contributed by atoms with van der Waals surface area (Å²) in [6, 6.07) is 9.76. The molecule has 0 bridgehead atoms. The predicted molar refractivity (Wildman–Crippen MR) is 69.9 cm³/mol. The van der Waals surface area contributed by atoms with E-state index in [1.165, 1.54) is 0 Å². The Morgan fingerprint density at radius 1 is 1.21 bits per heavy atom. The molecule has 0 fully saturated rings. The van der Waals surface area contributed by atoms with E-state index >= 15 is 0 Å². The predicted octanol–water partition coefficient (Wildman–Crippen LogP) is 0.689. The fourth-order valence-electron chi connectivity index (χ4n) is 1.74. The summed E-state index contributed by atoms with van der Waals surface area (Å²) >= 11 is 0. The van der Waals surface area contributed by atoms with Crippen molar-refractivity contribution in [2.45, 2.75) is 6.54 Å². The molecule has 1 aromatic carbocycles. The van der Waals surface area contributed by atoms with Gasteiger partial charge in [0, 0.05) is 12.1 Å². The zero-order chi connectivity index (χ0) is 13.1. The van der Waals surface area contributed by atoms with Crippen LogP contribution >= 0.6 is 0 Å². The summed E-state index contributed by atoms with van der Waals surface area (Å²) in [7, 11) is 0. The van der Waals surface area contributed by atoms with Gasteiger partial charge in [0.2, 0.25) is 0 Å². The zero-order valence-electron chi connectivity index (χ0n) is 10.2. The van der Waals surface area contributed by atoms with Gasteiger partial charge in [-0.05, 0) is 0 Å². The fraction of sp³-hybridized carbons (Fsp3) is 0.167. The Morgan fingerprint density at radius 3 is 2.84 bits per heavy atom. The van der Waals surface area contributed by atoms with Crippen molar-refractivity contribution in [3.63, 3.8) is 0 Å². The molecule has 0 aliphatic carbocycles. The smallest absolute Gasteiger partial charge is 0.181 e. The molecule has 7 heteroatoms. The number of nitrogens with zero attached hydrogens (tertiary/aromatic N) is 5. The maximum atomic E-state index is 5.46. The second-order valence-electron chi connectivity index (χ2n) is 4.03. The van der Waals surface area contributed by atoms with Crippen LogP contribution in [0.4, 0.5) is 0 Å². The molecule has 3 N–H and O–H groups in total. The minimum absolute atomic E-state index is 0.522. The van der Waals surface area contributed by atoms with Crippen molar-refractivity contribution in [3.8, 4) is 22.9 Å². The van der Waals surface area contributed by atoms with Crippen LogP contribution in [0.3, 0.4) is 0 Å². The average Bonchev–Trinajstić information content (AvgIpc) is 3.08. The SMILES string of the molecule is NCCn1cc(-c2nc(-c3ccccc3)n[nH]2)nn1. The Labute approximate surface area is 109 Å². The first-order chi connectivity index (χ1) is 9.36. The molecule has 96 valence electrons. The highest BCUT2D eigenvalue weighted by atomic mass is 15.4. The maximum absolute atomic E-state index is 5.46. The molecule has 3 aromatic rings. The van der Waals surface area contributed by atoms with Crippen LogP contribution in [0.25, 0.3) is 22.9 Å². The number of aromatic amines is 1. The quantitative estimate of drug-likeness (QED) is 0.714. The van der Waals surface area contributed by atoms with Gasteiger partial charge >= 0.3 is 0 Å². The van der Waals surface area contributed by atoms with Crippen molar-refractivity contribution in [2.75, 3.05) is 6.54 Å². The van der Waals surface area contributed by atoms with Crippen molar-refractivity contribution in [2.24, 2.45) is 5.73 Å². The lowest BCUT2D eigenvalue weighted by Crippen LogP contribution is -2.10. The van der Waals surface area contributed by atoms with Crippen LogP contribution in [0.1, 0.15) is 0 Å². The third-order valence-corrected chi connectivity index (χ3v) is 2.66. The number of benzene rings is 1. The van der Waals surface area contributed by atoms with Crippen LogP contribution < -0.4 is 5.73 Å². The van der Waals surface area contributed by atoms with Crippen LogP contribution in [-0.2, 0) is 6.54 Å². The highest BCUT2D eigenvalue weighted by molar-refractivity contribution is 5.58. The van der Waals surface area contributed by atoms with Gasteiger partial charge in [0.15, 0.2) is 11.6 Å². The molecule has 19 heavy (non-hydrogen) atoms. The number of rotatable bonds is 4. The van der Waals surface area contributed by atoms with Gasteiger partial charge in [-0.15, -0.1) is 5.10 Å². The molecule has 0 saturated carbocycles. The van der Waals surface area contributed by atoms with Gasteiger partial charge in [-0.1, -0.05) is 35.5 Å². The average molecular weight is 255 g/mol. The van der Waals surface area contributed by atoms with Gasteiger partial charge in [0.25, 0.3) is 0 Å². The molecule has 0 saturated heterocycles. The molecule has 0 aliphatic rings. The van der Waals surface area contributed by atoms with Crippen LogP contribution in [0.2, 0.25) is 0 Å². The number of nitrogens with one attached hydrogen (secondary N) is 1. The second-order valence-corrected chi connectivity index (χ2v) is 4.03. The summed E-state index contributed by atoms with van der Waals surface area (Å²) in [6.45, 7) is 1.15. The highest BCUT2D eigenvalue weighted by Crippen LogP contribution is 2.17. The van der Waals surface area contributed by atoms with E-state index in [1.54, 1.807) is 10.9 Å². The van der Waals surface area contributed by atoms with E-state index in [2.05, 4.69) is 25.5 Å². The van der Waals surface area contributed by atoms with Gasteiger partial charge in [0.05, 0.1) is 12.7 Å². The van der Waals surface area contributed by atoms with Gasteiger partial charge in [-0.3, -0.25) is 9.78 Å². The van der Waals surface area contributed by atoms with Gasteiger partial charge in [-0.25, -0.2) is 4.98 Å². The first-order valence-electron chi connectivity index (χ1n) is 5.95. The van der Waals surface area contributed by atoms with E-state index in [9.17, 15) is 0 Å². The highest BCUT2D eigenvalue weighted by Gasteiger charge is 2.10. The van der Waals surface area contributed by atoms with Crippen molar-refractivity contribution >= 4 is 0 Å². The molecule has 0 aliphatic heterocycles. The lowest BCUT2D eigenvalue weighted by molar-refractivity contribution is 0.598. The summed E-state index contributed by atoms with van der Waals surface area (Å²) in [6.07, 6.45) is 1.79. The molecule has 0 spiro atoms. The lowest BCUT2D eigenvalue weighted by atomic mass is 10.2. The molecule has 0 atom stereocenters. The molecular formula is C12H13N7. The third-order valence-electron chi connectivity index (χ3n) is 2.66. The Morgan fingerprint density at radius 2 is 2.05 bits per heavy atom. The van der Waals surface area contributed by atoms with Gasteiger partial charge < -0.3 is 5.73 Å². The molecule has 0 unspecified atom stereocenters. The number of hydrogen-bond acceptors (Lipinski definition) is 5. The Hall–Kier alpha value is -2.54. The van der Waals surface area contributed by atoms with E-state index < -0.39 is 0 Å². The van der Waals surface area contributed by atoms with Crippen molar-refractivity contribution < 1.29 is 0 Å². The first kappa shape index (κ1) is 11.5. The van der Waals surface area contributed by atoms with Crippen LogP contribution in [-0.4, -0.2) is 36.7 Å². The van der Waals surface area contributed by atoms with E-state index in [-0.39, 0.29) is 0 Å². The second kappa shape index (κ2) is 4.99. The number of nitrogens with two attached hydrogens (primary N) is 1. The summed E-state index contributed by atoms with van der Waals surface area (Å²) < 4.78 is 1.68. The normalized spacial score (nSPS) is 10.8. The maximum Gasteiger partial charge on any atom is 0.181 e. The van der Waals surface area contributed by atoms with Crippen LogP contribution in [0.15, 0.2) is 36.5 Å². The topological polar surface area (TPSA) is 98.3 Å². The Balaban J connectivity index is 1.88. The lowest BCUT2D eigenvalue weighted by Gasteiger charge is -1.92. The Bertz CT molecular complexity index is 656. The minimum Gasteiger partial charge on any atom is -0.329 e. The standard InChI is InChI=1S/C12H13N7/c13-6-7-19-8-10(15-18-19)12-14-11(16-17-12)9-4-2-1-3-5-9/h1-5,8H,6-7,13H2,(H,14,16,17). The van der Waals surface area contributed by atoms with E-state index in [4.69, 9.17) is 5.73 Å². The molecule has 7 nitrogen and oxygen atoms in total. The van der Waals surface area contributed by atoms with Crippen molar-refractivity contribution in [1.82, 2.24) is 30.2 Å². The molecule has 2 heterocycles. The number of aromatic nitrogens is 6. The molecule has 0 radical (unpaired) electrons. The zero-order valence-corrected chi connectivity index (χ0v) is 10.2. The molecular weight excluding hydrogens is 242 g/mol. The van der Waals surface area contributed by atoms with Crippen molar-refractivity contribution in [3.05, 3.63) is 36.5 Å². The fourth-order valence-corrected chi connectivity index (χ4v) is 1.74. The largest absolute Gasteiger partial charge is 0.329 e. The minimum atomic E-state index is 0.522. The number of H-pyrrole nitrogens is 1. The molecule has 3 rings (SSSR count). The third kappa shape index (κ3) is 2.36. The molecule has 2 aromatic heterocycles. The Kier molecular flexibility index (Phi) is 3.03. The van der Waals surface area contributed by atoms with E-state index in [1.807, 2.05) is 30.3 Å². The van der Waals surface area contributed by atoms with Gasteiger partial charge in [-0.2, -0.15) is 5.10 Å². The molecule has 0 amide bonds. The summed E-state index contributed by atoms with van der Waals surface area (Å²) in [5.41, 5.74) is 7.08. The van der Waals surface area contributed by atoms with E-state index in [0.717, 1.165) is 5.56 Å². The van der Waals surface area contributed by atoms with Gasteiger partial charge in [0.1, 0.15) is 5.69 Å². The van der Waals surface area contributed by atoms with E-state index in [0.29, 0.717) is 30.4 Å². The van der Waals surface area contributed by atoms with Crippen LogP contribution in [0, 0.1) is 0 Å².